The van der Waals surface area contributed by atoms with Crippen LogP contribution in [0.3, 0.4) is 0 Å². The van der Waals surface area contributed by atoms with Gasteiger partial charge in [0.1, 0.15) is 0 Å². The first-order chi connectivity index (χ1) is 13.8. The van der Waals surface area contributed by atoms with Crippen LogP contribution < -0.4 is 0 Å². The van der Waals surface area contributed by atoms with E-state index >= 15 is 0 Å². The van der Waals surface area contributed by atoms with Gasteiger partial charge in [-0.1, -0.05) is 18.2 Å². The Morgan fingerprint density at radius 3 is 2.57 bits per heavy atom. The van der Waals surface area contributed by atoms with E-state index in [-0.39, 0.29) is 18.1 Å². The van der Waals surface area contributed by atoms with E-state index in [1.165, 1.54) is 0 Å². The Kier molecular flexibility index (Phi) is 6.96. The Bertz CT molecular complexity index is 633. The predicted molar refractivity (Wildman–Crippen MR) is 106 cm³/mol. The van der Waals surface area contributed by atoms with Crippen molar-refractivity contribution in [1.29, 1.82) is 0 Å². The average molecular weight is 389 g/mol. The van der Waals surface area contributed by atoms with Gasteiger partial charge in [0.05, 0.1) is 32.0 Å². The second-order valence-electron chi connectivity index (χ2n) is 8.01. The molecule has 3 aliphatic rings. The number of morpholine rings is 1. The number of nitrogens with zero attached hydrogens (tertiary/aromatic N) is 2. The fourth-order valence-electron chi connectivity index (χ4n) is 4.28. The third-order valence-corrected chi connectivity index (χ3v) is 6.02. The van der Waals surface area contributed by atoms with Crippen molar-refractivity contribution in [1.82, 2.24) is 9.80 Å². The zero-order valence-corrected chi connectivity index (χ0v) is 16.7. The molecule has 4 rings (SSSR count). The molecule has 3 heterocycles. The van der Waals surface area contributed by atoms with Gasteiger partial charge < -0.3 is 19.1 Å². The van der Waals surface area contributed by atoms with E-state index in [0.29, 0.717) is 6.61 Å². The molecule has 3 saturated heterocycles. The molecule has 0 N–H and O–H groups in total. The molecule has 28 heavy (non-hydrogen) atoms. The maximum atomic E-state index is 13.2. The molecule has 154 valence electrons. The molecule has 0 aliphatic carbocycles. The van der Waals surface area contributed by atoms with E-state index in [9.17, 15) is 4.79 Å². The van der Waals surface area contributed by atoms with Crippen LogP contribution in [-0.2, 0) is 20.8 Å². The summed E-state index contributed by atoms with van der Waals surface area (Å²) >= 11 is 0. The normalized spacial score (nSPS) is 24.6. The molecule has 0 spiro atoms. The van der Waals surface area contributed by atoms with Crippen LogP contribution in [-0.4, -0.2) is 80.5 Å². The first-order valence-corrected chi connectivity index (χ1v) is 10.7. The summed E-state index contributed by atoms with van der Waals surface area (Å²) < 4.78 is 17.1. The van der Waals surface area contributed by atoms with Gasteiger partial charge in [-0.2, -0.15) is 0 Å². The monoisotopic (exact) mass is 388 g/mol. The van der Waals surface area contributed by atoms with Crippen LogP contribution in [0.2, 0.25) is 0 Å². The second-order valence-corrected chi connectivity index (χ2v) is 8.01. The highest BCUT2D eigenvalue weighted by Gasteiger charge is 2.27. The Hall–Kier alpha value is -1.47. The van der Waals surface area contributed by atoms with Gasteiger partial charge in [-0.05, 0) is 37.3 Å². The highest BCUT2D eigenvalue weighted by molar-refractivity contribution is 5.95. The number of rotatable bonds is 6. The Balaban J connectivity index is 1.30. The van der Waals surface area contributed by atoms with Gasteiger partial charge in [-0.25, -0.2) is 0 Å². The van der Waals surface area contributed by atoms with Gasteiger partial charge >= 0.3 is 0 Å². The summed E-state index contributed by atoms with van der Waals surface area (Å²) in [5, 5.41) is 0. The zero-order valence-electron chi connectivity index (χ0n) is 16.7. The molecule has 6 nitrogen and oxygen atoms in total. The Morgan fingerprint density at radius 1 is 1.04 bits per heavy atom. The molecule has 3 fully saturated rings. The fraction of sp³-hybridized carbons (Fsp3) is 0.682. The molecule has 1 aromatic carbocycles. The van der Waals surface area contributed by atoms with Crippen molar-refractivity contribution < 1.29 is 19.0 Å². The van der Waals surface area contributed by atoms with Gasteiger partial charge in [0, 0.05) is 44.9 Å². The van der Waals surface area contributed by atoms with Crippen LogP contribution in [0.4, 0.5) is 0 Å². The minimum absolute atomic E-state index is 0.154. The number of hydrogen-bond acceptors (Lipinski definition) is 5. The molecule has 0 bridgehead atoms. The van der Waals surface area contributed by atoms with Crippen LogP contribution in [0, 0.1) is 0 Å². The third kappa shape index (κ3) is 5.11. The molecule has 1 amide bonds. The van der Waals surface area contributed by atoms with Crippen molar-refractivity contribution >= 4 is 5.91 Å². The predicted octanol–water partition coefficient (Wildman–Crippen LogP) is 2.32. The number of carbonyl (C=O) groups is 1. The molecule has 6 heteroatoms. The zero-order chi connectivity index (χ0) is 19.2. The summed E-state index contributed by atoms with van der Waals surface area (Å²) in [4.78, 5) is 17.5. The largest absolute Gasteiger partial charge is 0.379 e. The number of benzene rings is 1. The smallest absolute Gasteiger partial charge is 0.254 e. The second kappa shape index (κ2) is 9.83. The van der Waals surface area contributed by atoms with Gasteiger partial charge in [-0.3, -0.25) is 9.69 Å². The fourth-order valence-corrected chi connectivity index (χ4v) is 4.28. The number of likely N-dealkylation sites (tertiary alicyclic amines) is 1. The lowest BCUT2D eigenvalue weighted by Crippen LogP contribution is -2.42. The maximum absolute atomic E-state index is 13.2. The molecule has 1 aromatic rings. The van der Waals surface area contributed by atoms with Gasteiger partial charge in [0.25, 0.3) is 5.91 Å². The maximum Gasteiger partial charge on any atom is 0.254 e. The van der Waals surface area contributed by atoms with Crippen molar-refractivity contribution in [3.8, 4) is 0 Å². The lowest BCUT2D eigenvalue weighted by atomic mass is 10.0. The van der Waals surface area contributed by atoms with E-state index in [2.05, 4.69) is 11.0 Å². The quantitative estimate of drug-likeness (QED) is 0.749. The topological polar surface area (TPSA) is 51.2 Å². The highest BCUT2D eigenvalue weighted by Crippen LogP contribution is 2.21. The molecule has 1 atom stereocenters. The van der Waals surface area contributed by atoms with E-state index in [1.54, 1.807) is 0 Å². The van der Waals surface area contributed by atoms with E-state index < -0.39 is 0 Å². The van der Waals surface area contributed by atoms with Crippen LogP contribution in [0.5, 0.6) is 0 Å². The summed E-state index contributed by atoms with van der Waals surface area (Å²) in [5.41, 5.74) is 1.96. The summed E-state index contributed by atoms with van der Waals surface area (Å²) in [5.74, 6) is 0.154. The third-order valence-electron chi connectivity index (χ3n) is 6.02. The first-order valence-electron chi connectivity index (χ1n) is 10.7. The average Bonchev–Trinajstić information content (AvgIpc) is 3.27. The number of ether oxygens (including phenoxy) is 3. The standard InChI is InChI=1S/C22H32N2O4/c25-22(21-6-2-1-4-18(21)16-23-11-14-26-15-12-23)24-9-7-19(8-10-24)28-17-20-5-3-13-27-20/h1-2,4,6,19-20H,3,5,7-17H2/t20-/m0/s1. The van der Waals surface area contributed by atoms with Crippen molar-refractivity contribution in [2.24, 2.45) is 0 Å². The Labute approximate surface area is 167 Å². The molecular formula is C22H32N2O4. The lowest BCUT2D eigenvalue weighted by Gasteiger charge is -2.33. The lowest BCUT2D eigenvalue weighted by molar-refractivity contribution is -0.0395. The summed E-state index contributed by atoms with van der Waals surface area (Å²) in [7, 11) is 0. The van der Waals surface area contributed by atoms with Gasteiger partial charge in [0.15, 0.2) is 0 Å². The minimum Gasteiger partial charge on any atom is -0.379 e. The van der Waals surface area contributed by atoms with Gasteiger partial charge in [-0.15, -0.1) is 0 Å². The number of hydrogen-bond donors (Lipinski definition) is 0. The van der Waals surface area contributed by atoms with Crippen molar-refractivity contribution in [2.75, 3.05) is 52.6 Å². The van der Waals surface area contributed by atoms with E-state index in [0.717, 1.165) is 89.4 Å². The molecular weight excluding hydrogens is 356 g/mol. The van der Waals surface area contributed by atoms with Crippen molar-refractivity contribution in [2.45, 2.75) is 44.4 Å². The first kappa shape index (κ1) is 19.8. The summed E-state index contributed by atoms with van der Waals surface area (Å²) in [6.45, 7) is 7.30. The number of piperidine rings is 1. The number of carbonyl (C=O) groups excluding carboxylic acids is 1. The summed E-state index contributed by atoms with van der Waals surface area (Å²) in [6, 6.07) is 8.05. The van der Waals surface area contributed by atoms with E-state index in [4.69, 9.17) is 14.2 Å². The number of amides is 1. The molecule has 0 radical (unpaired) electrons. The van der Waals surface area contributed by atoms with Crippen molar-refractivity contribution in [3.05, 3.63) is 35.4 Å². The van der Waals surface area contributed by atoms with Crippen LogP contribution in [0.25, 0.3) is 0 Å². The molecule has 0 unspecified atom stereocenters. The van der Waals surface area contributed by atoms with Crippen LogP contribution >= 0.6 is 0 Å². The van der Waals surface area contributed by atoms with Crippen LogP contribution in [0.1, 0.15) is 41.6 Å². The van der Waals surface area contributed by atoms with E-state index in [1.807, 2.05) is 23.1 Å². The Morgan fingerprint density at radius 2 is 1.82 bits per heavy atom. The van der Waals surface area contributed by atoms with Crippen LogP contribution in [0.15, 0.2) is 24.3 Å². The van der Waals surface area contributed by atoms with Crippen molar-refractivity contribution in [3.63, 3.8) is 0 Å². The molecule has 0 saturated carbocycles. The molecule has 0 aromatic heterocycles. The summed E-state index contributed by atoms with van der Waals surface area (Å²) in [6.07, 6.45) is 4.58. The SMILES string of the molecule is O=C(c1ccccc1CN1CCOCC1)N1CCC(OC[C@@H]2CCCO2)CC1. The highest BCUT2D eigenvalue weighted by atomic mass is 16.5. The molecule has 3 aliphatic heterocycles. The van der Waals surface area contributed by atoms with Gasteiger partial charge in [0.2, 0.25) is 0 Å². The minimum atomic E-state index is 0.154.